The van der Waals surface area contributed by atoms with E-state index in [2.05, 4.69) is 0 Å². The number of hydrogen-bond donors (Lipinski definition) is 0. The Kier molecular flexibility index (Phi) is 8.78. The molecule has 2 aromatic carbocycles. The van der Waals surface area contributed by atoms with Gasteiger partial charge in [0.25, 0.3) is 5.91 Å². The number of esters is 1. The summed E-state index contributed by atoms with van der Waals surface area (Å²) in [6.07, 6.45) is 3.83. The normalized spacial score (nSPS) is 13.4. The van der Waals surface area contributed by atoms with Gasteiger partial charge in [-0.15, -0.1) is 0 Å². The Morgan fingerprint density at radius 3 is 2.38 bits per heavy atom. The van der Waals surface area contributed by atoms with Crippen LogP contribution in [0.5, 0.6) is 17.2 Å². The van der Waals surface area contributed by atoms with E-state index in [4.69, 9.17) is 18.9 Å². The van der Waals surface area contributed by atoms with Crippen molar-refractivity contribution in [1.29, 1.82) is 0 Å². The second-order valence-electron chi connectivity index (χ2n) is 7.56. The van der Waals surface area contributed by atoms with Crippen LogP contribution in [-0.4, -0.2) is 56.8 Å². The van der Waals surface area contributed by atoms with Gasteiger partial charge in [-0.3, -0.25) is 4.79 Å². The molecule has 0 aliphatic carbocycles. The van der Waals surface area contributed by atoms with Gasteiger partial charge in [0.1, 0.15) is 5.75 Å². The highest BCUT2D eigenvalue weighted by molar-refractivity contribution is 5.90. The molecule has 7 heteroatoms. The SMILES string of the molecule is CCOc1cc(C(=O)OCCc2ccc(OC)cc2)ccc1OCC(=O)N1CCCCC1. The van der Waals surface area contributed by atoms with E-state index < -0.39 is 5.97 Å². The number of nitrogens with zero attached hydrogens (tertiary/aromatic N) is 1. The van der Waals surface area contributed by atoms with Crippen LogP contribution in [0, 0.1) is 0 Å². The fourth-order valence-corrected chi connectivity index (χ4v) is 3.53. The molecule has 1 saturated heterocycles. The van der Waals surface area contributed by atoms with Crippen molar-refractivity contribution < 1.29 is 28.5 Å². The van der Waals surface area contributed by atoms with Crippen LogP contribution in [0.4, 0.5) is 0 Å². The van der Waals surface area contributed by atoms with Crippen LogP contribution in [0.15, 0.2) is 42.5 Å². The lowest BCUT2D eigenvalue weighted by molar-refractivity contribution is -0.134. The zero-order valence-electron chi connectivity index (χ0n) is 18.8. The van der Waals surface area contributed by atoms with Gasteiger partial charge in [-0.1, -0.05) is 12.1 Å². The first-order valence-electron chi connectivity index (χ1n) is 11.1. The number of hydrogen-bond acceptors (Lipinski definition) is 6. The number of ether oxygens (including phenoxy) is 4. The quantitative estimate of drug-likeness (QED) is 0.521. The summed E-state index contributed by atoms with van der Waals surface area (Å²) in [5.41, 5.74) is 1.42. The molecule has 0 N–H and O–H groups in total. The maximum absolute atomic E-state index is 12.5. The fraction of sp³-hybridized carbons (Fsp3) is 0.440. The number of amides is 1. The summed E-state index contributed by atoms with van der Waals surface area (Å²) in [4.78, 5) is 26.7. The van der Waals surface area contributed by atoms with Gasteiger partial charge in [0.15, 0.2) is 18.1 Å². The van der Waals surface area contributed by atoms with E-state index in [1.54, 1.807) is 25.3 Å². The molecule has 1 fully saturated rings. The smallest absolute Gasteiger partial charge is 0.338 e. The number of rotatable bonds is 10. The summed E-state index contributed by atoms with van der Waals surface area (Å²) < 4.78 is 21.9. The van der Waals surface area contributed by atoms with Gasteiger partial charge in [0.05, 0.1) is 25.9 Å². The number of methoxy groups -OCH3 is 1. The van der Waals surface area contributed by atoms with Crippen molar-refractivity contribution in [2.75, 3.05) is 40.0 Å². The lowest BCUT2D eigenvalue weighted by Gasteiger charge is -2.26. The van der Waals surface area contributed by atoms with Gasteiger partial charge in [-0.25, -0.2) is 4.79 Å². The molecule has 0 spiro atoms. The van der Waals surface area contributed by atoms with E-state index in [9.17, 15) is 9.59 Å². The van der Waals surface area contributed by atoms with Crippen molar-refractivity contribution >= 4 is 11.9 Å². The Morgan fingerprint density at radius 2 is 1.69 bits per heavy atom. The standard InChI is InChI=1S/C25H31NO6/c1-3-30-23-17-20(25(28)31-16-13-19-7-10-21(29-2)11-8-19)9-12-22(23)32-18-24(27)26-14-5-4-6-15-26/h7-12,17H,3-6,13-16,18H2,1-2H3. The van der Waals surface area contributed by atoms with E-state index in [1.165, 1.54) is 0 Å². The van der Waals surface area contributed by atoms with Crippen LogP contribution in [0.2, 0.25) is 0 Å². The van der Waals surface area contributed by atoms with E-state index in [0.29, 0.717) is 30.1 Å². The van der Waals surface area contributed by atoms with E-state index >= 15 is 0 Å². The average molecular weight is 442 g/mol. The summed E-state index contributed by atoms with van der Waals surface area (Å²) in [7, 11) is 1.62. The van der Waals surface area contributed by atoms with Gasteiger partial charge < -0.3 is 23.8 Å². The monoisotopic (exact) mass is 441 g/mol. The van der Waals surface area contributed by atoms with Crippen molar-refractivity contribution in [2.45, 2.75) is 32.6 Å². The van der Waals surface area contributed by atoms with Crippen LogP contribution in [0.1, 0.15) is 42.1 Å². The Bertz CT molecular complexity index is 890. The minimum Gasteiger partial charge on any atom is -0.497 e. The van der Waals surface area contributed by atoms with Crippen molar-refractivity contribution in [1.82, 2.24) is 4.90 Å². The first-order valence-corrected chi connectivity index (χ1v) is 11.1. The van der Waals surface area contributed by atoms with Crippen LogP contribution < -0.4 is 14.2 Å². The summed E-state index contributed by atoms with van der Waals surface area (Å²) in [6.45, 7) is 4.03. The summed E-state index contributed by atoms with van der Waals surface area (Å²) in [5.74, 6) is 1.18. The molecule has 32 heavy (non-hydrogen) atoms. The highest BCUT2D eigenvalue weighted by Gasteiger charge is 2.18. The van der Waals surface area contributed by atoms with Crippen LogP contribution >= 0.6 is 0 Å². The third-order valence-corrected chi connectivity index (χ3v) is 5.32. The molecule has 7 nitrogen and oxygen atoms in total. The maximum atomic E-state index is 12.5. The molecule has 0 aromatic heterocycles. The molecule has 172 valence electrons. The number of carbonyl (C=O) groups excluding carboxylic acids is 2. The van der Waals surface area contributed by atoms with E-state index in [-0.39, 0.29) is 19.1 Å². The number of carbonyl (C=O) groups is 2. The van der Waals surface area contributed by atoms with Gasteiger partial charge in [-0.05, 0) is 62.1 Å². The molecule has 1 aliphatic rings. The molecule has 0 unspecified atom stereocenters. The van der Waals surface area contributed by atoms with Gasteiger partial charge in [0.2, 0.25) is 0 Å². The minimum atomic E-state index is -0.435. The molecular weight excluding hydrogens is 410 g/mol. The van der Waals surface area contributed by atoms with E-state index in [0.717, 1.165) is 43.7 Å². The lowest BCUT2D eigenvalue weighted by atomic mass is 10.1. The Morgan fingerprint density at radius 1 is 0.938 bits per heavy atom. The number of piperidine rings is 1. The summed E-state index contributed by atoms with van der Waals surface area (Å²) in [5, 5.41) is 0. The zero-order valence-corrected chi connectivity index (χ0v) is 18.8. The second-order valence-corrected chi connectivity index (χ2v) is 7.56. The highest BCUT2D eigenvalue weighted by atomic mass is 16.5. The maximum Gasteiger partial charge on any atom is 0.338 e. The Hall–Kier alpha value is -3.22. The van der Waals surface area contributed by atoms with Crippen molar-refractivity contribution in [3.05, 3.63) is 53.6 Å². The van der Waals surface area contributed by atoms with Gasteiger partial charge in [-0.2, -0.15) is 0 Å². The summed E-state index contributed by atoms with van der Waals surface area (Å²) >= 11 is 0. The lowest BCUT2D eigenvalue weighted by Crippen LogP contribution is -2.38. The first-order chi connectivity index (χ1) is 15.6. The summed E-state index contributed by atoms with van der Waals surface area (Å²) in [6, 6.07) is 12.5. The predicted octanol–water partition coefficient (Wildman–Crippen LogP) is 3.88. The number of benzene rings is 2. The van der Waals surface area contributed by atoms with Crippen LogP contribution in [0.25, 0.3) is 0 Å². The van der Waals surface area contributed by atoms with Crippen molar-refractivity contribution in [2.24, 2.45) is 0 Å². The fourth-order valence-electron chi connectivity index (χ4n) is 3.53. The topological polar surface area (TPSA) is 74.3 Å². The first kappa shape index (κ1) is 23.4. The molecule has 1 amide bonds. The van der Waals surface area contributed by atoms with Crippen molar-refractivity contribution in [3.63, 3.8) is 0 Å². The molecule has 0 saturated carbocycles. The molecule has 1 heterocycles. The van der Waals surface area contributed by atoms with Gasteiger partial charge >= 0.3 is 5.97 Å². The second kappa shape index (κ2) is 12.0. The predicted molar refractivity (Wildman–Crippen MR) is 121 cm³/mol. The minimum absolute atomic E-state index is 0.0332. The molecule has 0 atom stereocenters. The molecule has 1 aliphatic heterocycles. The third kappa shape index (κ3) is 6.64. The molecular formula is C25H31NO6. The van der Waals surface area contributed by atoms with Crippen LogP contribution in [0.3, 0.4) is 0 Å². The highest BCUT2D eigenvalue weighted by Crippen LogP contribution is 2.29. The third-order valence-electron chi connectivity index (χ3n) is 5.32. The Labute approximate surface area is 189 Å². The van der Waals surface area contributed by atoms with Crippen LogP contribution in [-0.2, 0) is 16.0 Å². The van der Waals surface area contributed by atoms with Gasteiger partial charge in [0, 0.05) is 19.5 Å². The molecule has 0 radical (unpaired) electrons. The van der Waals surface area contributed by atoms with Crippen molar-refractivity contribution in [3.8, 4) is 17.2 Å². The zero-order chi connectivity index (χ0) is 22.8. The largest absolute Gasteiger partial charge is 0.497 e. The number of likely N-dealkylation sites (tertiary alicyclic amines) is 1. The molecule has 2 aromatic rings. The average Bonchev–Trinajstić information content (AvgIpc) is 2.84. The van der Waals surface area contributed by atoms with E-state index in [1.807, 2.05) is 36.1 Å². The Balaban J connectivity index is 1.54. The molecule has 3 rings (SSSR count). The molecule has 0 bridgehead atoms.